The van der Waals surface area contributed by atoms with Crippen LogP contribution in [0.25, 0.3) is 0 Å². The number of phenolic OH excluding ortho intramolecular Hbond substituents is 1. The third kappa shape index (κ3) is 5.59. The van der Waals surface area contributed by atoms with E-state index in [2.05, 4.69) is 5.10 Å². The fourth-order valence-corrected chi connectivity index (χ4v) is 4.73. The van der Waals surface area contributed by atoms with Gasteiger partial charge in [-0.1, -0.05) is 6.07 Å². The van der Waals surface area contributed by atoms with Crippen LogP contribution in [0.4, 0.5) is 17.6 Å². The number of rotatable bonds is 6. The molecule has 1 saturated heterocycles. The van der Waals surface area contributed by atoms with Crippen molar-refractivity contribution in [3.8, 4) is 5.75 Å². The number of halogens is 4. The molecular weight excluding hydrogens is 426 g/mol. The Labute approximate surface area is 172 Å². The number of H-pyrrole nitrogens is 1. The first-order chi connectivity index (χ1) is 14.1. The van der Waals surface area contributed by atoms with Crippen LogP contribution in [0.3, 0.4) is 0 Å². The smallest absolute Gasteiger partial charge is 0.432 e. The maximum Gasteiger partial charge on any atom is 0.432 e. The number of hydrogen-bond donors (Lipinski definition) is 2. The molecule has 164 valence electrons. The summed E-state index contributed by atoms with van der Waals surface area (Å²) in [4.78, 5) is 14.1. The average Bonchev–Trinajstić information content (AvgIpc) is 3.18. The van der Waals surface area contributed by atoms with E-state index in [1.165, 1.54) is 17.0 Å². The first-order valence-electron chi connectivity index (χ1n) is 9.37. The highest BCUT2D eigenvalue weighted by Crippen LogP contribution is 2.28. The second-order valence-electron chi connectivity index (χ2n) is 7.25. The minimum atomic E-state index is -4.67. The first kappa shape index (κ1) is 22.3. The van der Waals surface area contributed by atoms with Crippen LogP contribution in [0.2, 0.25) is 0 Å². The van der Waals surface area contributed by atoms with Crippen molar-refractivity contribution in [1.82, 2.24) is 15.1 Å². The molecule has 1 aromatic carbocycles. The fourth-order valence-electron chi connectivity index (χ4n) is 3.33. The van der Waals surface area contributed by atoms with Crippen LogP contribution in [0.5, 0.6) is 5.75 Å². The highest BCUT2D eigenvalue weighted by molar-refractivity contribution is 7.85. The van der Waals surface area contributed by atoms with Crippen molar-refractivity contribution in [2.45, 2.75) is 32.0 Å². The van der Waals surface area contributed by atoms with Gasteiger partial charge in [0.1, 0.15) is 17.3 Å². The summed E-state index contributed by atoms with van der Waals surface area (Å²) < 4.78 is 64.2. The number of nitrogens with one attached hydrogen (secondary N) is 1. The molecule has 1 aliphatic rings. The highest BCUT2D eigenvalue weighted by atomic mass is 32.2. The lowest BCUT2D eigenvalue weighted by Gasteiger charge is -2.27. The van der Waals surface area contributed by atoms with Gasteiger partial charge in [-0.15, -0.1) is 0 Å². The zero-order chi connectivity index (χ0) is 21.9. The molecule has 0 bridgehead atoms. The van der Waals surface area contributed by atoms with Crippen LogP contribution in [0.1, 0.15) is 41.0 Å². The van der Waals surface area contributed by atoms with E-state index in [9.17, 15) is 31.7 Å². The van der Waals surface area contributed by atoms with Crippen LogP contribution in [-0.2, 0) is 23.5 Å². The van der Waals surface area contributed by atoms with Crippen LogP contribution < -0.4 is 0 Å². The Morgan fingerprint density at radius 2 is 1.97 bits per heavy atom. The Morgan fingerprint density at radius 3 is 2.57 bits per heavy atom. The van der Waals surface area contributed by atoms with Crippen molar-refractivity contribution in [2.75, 3.05) is 18.1 Å². The van der Waals surface area contributed by atoms with Gasteiger partial charge in [0.05, 0.1) is 0 Å². The third-order valence-corrected chi connectivity index (χ3v) is 6.48. The summed E-state index contributed by atoms with van der Waals surface area (Å²) in [6.45, 7) is 0.00245. The summed E-state index contributed by atoms with van der Waals surface area (Å²) in [6.07, 6.45) is -2.64. The number of hydrogen-bond acceptors (Lipinski definition) is 4. The second-order valence-corrected chi connectivity index (χ2v) is 8.94. The maximum atomic E-state index is 14.2. The van der Waals surface area contributed by atoms with Crippen LogP contribution in [0, 0.1) is 11.7 Å². The summed E-state index contributed by atoms with van der Waals surface area (Å²) in [6, 6.07) is 4.13. The molecular formula is C19H21F4N3O3S. The van der Waals surface area contributed by atoms with Gasteiger partial charge in [0, 0.05) is 53.1 Å². The molecule has 11 heteroatoms. The molecule has 1 aromatic heterocycles. The highest BCUT2D eigenvalue weighted by Gasteiger charge is 2.34. The zero-order valence-corrected chi connectivity index (χ0v) is 16.7. The summed E-state index contributed by atoms with van der Waals surface area (Å²) in [5.74, 6) is -0.356. The maximum absolute atomic E-state index is 14.2. The van der Waals surface area contributed by atoms with E-state index < -0.39 is 40.1 Å². The van der Waals surface area contributed by atoms with E-state index in [1.807, 2.05) is 5.10 Å². The molecule has 2 aromatic rings. The molecule has 1 fully saturated rings. The van der Waals surface area contributed by atoms with Gasteiger partial charge in [-0.3, -0.25) is 14.1 Å². The van der Waals surface area contributed by atoms with Crippen LogP contribution in [-0.4, -0.2) is 48.4 Å². The van der Waals surface area contributed by atoms with E-state index >= 15 is 0 Å². The van der Waals surface area contributed by atoms with Crippen molar-refractivity contribution < 1.29 is 31.7 Å². The summed E-state index contributed by atoms with van der Waals surface area (Å²) >= 11 is 0. The molecule has 2 heterocycles. The Morgan fingerprint density at radius 1 is 1.27 bits per heavy atom. The van der Waals surface area contributed by atoms with Crippen LogP contribution in [0.15, 0.2) is 24.3 Å². The lowest BCUT2D eigenvalue weighted by atomic mass is 9.98. The lowest BCUT2D eigenvalue weighted by Crippen LogP contribution is -2.34. The van der Waals surface area contributed by atoms with Gasteiger partial charge in [-0.2, -0.15) is 18.3 Å². The number of carbonyl (C=O) groups is 1. The lowest BCUT2D eigenvalue weighted by molar-refractivity contribution is -0.141. The monoisotopic (exact) mass is 447 g/mol. The molecule has 2 N–H and O–H groups in total. The van der Waals surface area contributed by atoms with Gasteiger partial charge >= 0.3 is 6.18 Å². The zero-order valence-electron chi connectivity index (χ0n) is 15.9. The molecule has 0 radical (unpaired) electrons. The molecule has 0 spiro atoms. The van der Waals surface area contributed by atoms with Crippen LogP contribution >= 0.6 is 0 Å². The molecule has 6 nitrogen and oxygen atoms in total. The number of aromatic hydroxyl groups is 1. The molecule has 30 heavy (non-hydrogen) atoms. The van der Waals surface area contributed by atoms with Gasteiger partial charge in [-0.25, -0.2) is 4.39 Å². The summed E-state index contributed by atoms with van der Waals surface area (Å²) in [7, 11) is -0.831. The molecule has 1 amide bonds. The Kier molecular flexibility index (Phi) is 6.79. The van der Waals surface area contributed by atoms with Crippen molar-refractivity contribution in [2.24, 2.45) is 5.92 Å². The van der Waals surface area contributed by atoms with Crippen molar-refractivity contribution in [3.05, 3.63) is 47.0 Å². The largest absolute Gasteiger partial charge is 0.508 e. The Balaban J connectivity index is 1.77. The number of nitrogens with zero attached hydrogens (tertiary/aromatic N) is 2. The number of benzene rings is 1. The summed E-state index contributed by atoms with van der Waals surface area (Å²) in [5, 5.41) is 14.7. The van der Waals surface area contributed by atoms with E-state index in [-0.39, 0.29) is 30.3 Å². The number of aromatic nitrogens is 2. The fraction of sp³-hybridized carbons (Fsp3) is 0.474. The topological polar surface area (TPSA) is 86.3 Å². The SMILES string of the molecule is O=C(c1cc(C(F)(F)F)[nH]n1)N(CCC1CCS(=O)CC1)Cc1ccc(O)cc1F. The minimum Gasteiger partial charge on any atom is -0.508 e. The van der Waals surface area contributed by atoms with Crippen molar-refractivity contribution >= 4 is 16.7 Å². The molecule has 3 rings (SSSR count). The normalized spacial score (nSPS) is 19.6. The molecule has 1 aliphatic heterocycles. The van der Waals surface area contributed by atoms with E-state index in [0.29, 0.717) is 24.0 Å². The molecule has 0 saturated carbocycles. The quantitative estimate of drug-likeness (QED) is 0.664. The van der Waals surface area contributed by atoms with Gasteiger partial charge in [0.15, 0.2) is 5.69 Å². The van der Waals surface area contributed by atoms with Crippen molar-refractivity contribution in [3.63, 3.8) is 0 Å². The number of phenols is 1. The molecule has 0 unspecified atom stereocenters. The standard InChI is InChI=1S/C19H21F4N3O3S/c20-15-9-14(27)2-1-13(15)11-26(6-3-12-4-7-30(29)8-5-12)18(28)16-10-17(25-24-16)19(21,22)23/h1-2,9-10,12,27H,3-8,11H2,(H,24,25). The predicted octanol–water partition coefficient (Wildman–Crippen LogP) is 3.46. The van der Waals surface area contributed by atoms with Gasteiger partial charge in [0.2, 0.25) is 0 Å². The first-order valence-corrected chi connectivity index (χ1v) is 10.9. The van der Waals surface area contributed by atoms with Gasteiger partial charge in [0.25, 0.3) is 5.91 Å². The van der Waals surface area contributed by atoms with Gasteiger partial charge in [-0.05, 0) is 31.2 Å². The molecule has 0 aliphatic carbocycles. The van der Waals surface area contributed by atoms with Crippen molar-refractivity contribution in [1.29, 1.82) is 0 Å². The predicted molar refractivity (Wildman–Crippen MR) is 102 cm³/mol. The molecule has 0 atom stereocenters. The number of carbonyl (C=O) groups excluding carboxylic acids is 1. The summed E-state index contributed by atoms with van der Waals surface area (Å²) in [5.41, 5.74) is -1.43. The van der Waals surface area contributed by atoms with E-state index in [1.54, 1.807) is 0 Å². The average molecular weight is 447 g/mol. The second kappa shape index (κ2) is 9.15. The minimum absolute atomic E-state index is 0.123. The Bertz CT molecular complexity index is 922. The van der Waals surface area contributed by atoms with Gasteiger partial charge < -0.3 is 10.0 Å². The number of alkyl halides is 3. The Hall–Kier alpha value is -2.43. The number of amides is 1. The third-order valence-electron chi connectivity index (χ3n) is 5.10. The number of aromatic amines is 1. The van der Waals surface area contributed by atoms with E-state index in [4.69, 9.17) is 0 Å². The van der Waals surface area contributed by atoms with E-state index in [0.717, 1.165) is 18.9 Å².